The molecule has 0 amide bonds. The lowest BCUT2D eigenvalue weighted by molar-refractivity contribution is -0.275. The summed E-state index contributed by atoms with van der Waals surface area (Å²) in [5, 5.41) is 8.92. The third-order valence-corrected chi connectivity index (χ3v) is 6.37. The molecule has 0 atom stereocenters. The summed E-state index contributed by atoms with van der Waals surface area (Å²) in [5.74, 6) is -0.439. The minimum absolute atomic E-state index is 0.438. The molecule has 0 aliphatic rings. The fourth-order valence-electron chi connectivity index (χ4n) is 4.23. The first-order chi connectivity index (χ1) is 19.8. The van der Waals surface area contributed by atoms with Crippen LogP contribution in [0.1, 0.15) is 37.7 Å². The highest BCUT2D eigenvalue weighted by molar-refractivity contribution is 5.66. The fraction of sp³-hybridized carbons (Fsp3) is 0.242. The van der Waals surface area contributed by atoms with Gasteiger partial charge in [0.15, 0.2) is 11.6 Å². The Balaban J connectivity index is 1.08. The van der Waals surface area contributed by atoms with Crippen molar-refractivity contribution in [3.8, 4) is 45.6 Å². The zero-order chi connectivity index (χ0) is 29.1. The minimum Gasteiger partial charge on any atom is -0.494 e. The summed E-state index contributed by atoms with van der Waals surface area (Å²) in [6, 6.07) is 27.9. The Labute approximate surface area is 236 Å². The topological polar surface area (TPSA) is 51.5 Å². The Kier molecular flexibility index (Phi) is 10.2. The van der Waals surface area contributed by atoms with Crippen LogP contribution < -0.4 is 14.2 Å². The lowest BCUT2D eigenvalue weighted by atomic mass is 10.0. The molecule has 41 heavy (non-hydrogen) atoms. The number of rotatable bonds is 13. The number of nitrogens with zero attached hydrogens (tertiary/aromatic N) is 1. The van der Waals surface area contributed by atoms with E-state index in [9.17, 15) is 17.6 Å². The molecule has 212 valence electrons. The molecule has 0 N–H and O–H groups in total. The molecular formula is C33H29F4NO3. The standard InChI is InChI=1S/C33H29F4NO3/c34-31-22-28(14-19-32(31)41-33(35,36)37)27-12-17-30(18-13-27)40-21-5-3-1-2-4-20-39-29-15-10-26(11-16-29)25-8-6-24(23-38)7-9-25/h6-19,22H,1-5,20-21H2. The first kappa shape index (κ1) is 29.5. The van der Waals surface area contributed by atoms with E-state index in [1.54, 1.807) is 24.3 Å². The quantitative estimate of drug-likeness (QED) is 0.120. The molecule has 0 bridgehead atoms. The molecule has 0 saturated heterocycles. The highest BCUT2D eigenvalue weighted by Crippen LogP contribution is 2.30. The van der Waals surface area contributed by atoms with E-state index in [-0.39, 0.29) is 0 Å². The summed E-state index contributed by atoms with van der Waals surface area (Å²) < 4.78 is 66.2. The molecule has 0 saturated carbocycles. The van der Waals surface area contributed by atoms with Crippen LogP contribution >= 0.6 is 0 Å². The van der Waals surface area contributed by atoms with Gasteiger partial charge >= 0.3 is 6.36 Å². The largest absolute Gasteiger partial charge is 0.573 e. The average Bonchev–Trinajstić information content (AvgIpc) is 2.97. The Morgan fingerprint density at radius 1 is 0.585 bits per heavy atom. The van der Waals surface area contributed by atoms with Gasteiger partial charge < -0.3 is 14.2 Å². The molecule has 0 radical (unpaired) electrons. The summed E-state index contributed by atoms with van der Waals surface area (Å²) in [7, 11) is 0. The summed E-state index contributed by atoms with van der Waals surface area (Å²) in [6.07, 6.45) is 0.0850. The first-order valence-corrected chi connectivity index (χ1v) is 13.3. The van der Waals surface area contributed by atoms with Crippen LogP contribution in [0.5, 0.6) is 17.2 Å². The van der Waals surface area contributed by atoms with Crippen molar-refractivity contribution in [2.24, 2.45) is 0 Å². The van der Waals surface area contributed by atoms with E-state index in [1.165, 1.54) is 6.07 Å². The molecule has 8 heteroatoms. The molecule has 0 fully saturated rings. The number of nitriles is 1. The van der Waals surface area contributed by atoms with Crippen LogP contribution in [0.2, 0.25) is 0 Å². The number of unbranched alkanes of at least 4 members (excludes halogenated alkanes) is 4. The van der Waals surface area contributed by atoms with Gasteiger partial charge in [0.25, 0.3) is 0 Å². The number of hydrogen-bond acceptors (Lipinski definition) is 4. The normalized spacial score (nSPS) is 11.1. The molecule has 4 rings (SSSR count). The second kappa shape index (κ2) is 14.2. The molecule has 0 heterocycles. The predicted octanol–water partition coefficient (Wildman–Crippen LogP) is 9.34. The van der Waals surface area contributed by atoms with Gasteiger partial charge in [-0.15, -0.1) is 13.2 Å². The molecule has 0 unspecified atom stereocenters. The summed E-state index contributed by atoms with van der Waals surface area (Å²) in [6.45, 7) is 1.22. The Bertz CT molecular complexity index is 1430. The van der Waals surface area contributed by atoms with Gasteiger partial charge in [0.1, 0.15) is 11.5 Å². The summed E-state index contributed by atoms with van der Waals surface area (Å²) >= 11 is 0. The number of benzene rings is 4. The number of hydrogen-bond donors (Lipinski definition) is 0. The number of ether oxygens (including phenoxy) is 3. The van der Waals surface area contributed by atoms with Crippen molar-refractivity contribution in [2.75, 3.05) is 13.2 Å². The monoisotopic (exact) mass is 563 g/mol. The first-order valence-electron chi connectivity index (χ1n) is 13.3. The van der Waals surface area contributed by atoms with Crippen LogP contribution in [0.3, 0.4) is 0 Å². The third kappa shape index (κ3) is 9.28. The second-order valence-corrected chi connectivity index (χ2v) is 9.40. The van der Waals surface area contributed by atoms with Crippen molar-refractivity contribution >= 4 is 0 Å². The van der Waals surface area contributed by atoms with Crippen LogP contribution in [0.25, 0.3) is 22.3 Å². The van der Waals surface area contributed by atoms with E-state index in [1.807, 2.05) is 48.5 Å². The summed E-state index contributed by atoms with van der Waals surface area (Å²) in [4.78, 5) is 0. The van der Waals surface area contributed by atoms with Gasteiger partial charge in [-0.3, -0.25) is 0 Å². The molecule has 0 spiro atoms. The predicted molar refractivity (Wildman–Crippen MR) is 149 cm³/mol. The highest BCUT2D eigenvalue weighted by Gasteiger charge is 2.32. The van der Waals surface area contributed by atoms with E-state index >= 15 is 0 Å². The lowest BCUT2D eigenvalue weighted by Crippen LogP contribution is -2.17. The second-order valence-electron chi connectivity index (χ2n) is 9.40. The molecule has 4 aromatic rings. The van der Waals surface area contributed by atoms with E-state index < -0.39 is 17.9 Å². The van der Waals surface area contributed by atoms with Gasteiger partial charge in [-0.25, -0.2) is 4.39 Å². The van der Waals surface area contributed by atoms with Crippen LogP contribution in [0.15, 0.2) is 91.0 Å². The van der Waals surface area contributed by atoms with Crippen LogP contribution in [-0.4, -0.2) is 19.6 Å². The molecule has 0 aliphatic heterocycles. The lowest BCUT2D eigenvalue weighted by Gasteiger charge is -2.11. The van der Waals surface area contributed by atoms with E-state index in [0.717, 1.165) is 61.1 Å². The van der Waals surface area contributed by atoms with Crippen molar-refractivity contribution in [1.82, 2.24) is 0 Å². The molecular weight excluding hydrogens is 534 g/mol. The zero-order valence-electron chi connectivity index (χ0n) is 22.3. The molecule has 0 aliphatic carbocycles. The molecule has 4 aromatic carbocycles. The van der Waals surface area contributed by atoms with Crippen LogP contribution in [0.4, 0.5) is 17.6 Å². The number of halogens is 4. The van der Waals surface area contributed by atoms with Gasteiger partial charge in [0, 0.05) is 0 Å². The Hall–Kier alpha value is -4.51. The van der Waals surface area contributed by atoms with Crippen molar-refractivity contribution in [1.29, 1.82) is 5.26 Å². The minimum atomic E-state index is -4.94. The SMILES string of the molecule is N#Cc1ccc(-c2ccc(OCCCCCCCOc3ccc(-c4ccc(OC(F)(F)F)c(F)c4)cc3)cc2)cc1. The van der Waals surface area contributed by atoms with Gasteiger partial charge in [-0.1, -0.05) is 61.7 Å². The zero-order valence-corrected chi connectivity index (χ0v) is 22.3. The summed E-state index contributed by atoms with van der Waals surface area (Å²) in [5.41, 5.74) is 3.86. The van der Waals surface area contributed by atoms with Crippen molar-refractivity contribution in [3.05, 3.63) is 102 Å². The molecule has 4 nitrogen and oxygen atoms in total. The van der Waals surface area contributed by atoms with Crippen molar-refractivity contribution < 1.29 is 31.8 Å². The van der Waals surface area contributed by atoms with Crippen LogP contribution in [0, 0.1) is 17.1 Å². The van der Waals surface area contributed by atoms with Crippen molar-refractivity contribution in [3.63, 3.8) is 0 Å². The fourth-order valence-corrected chi connectivity index (χ4v) is 4.23. The smallest absolute Gasteiger partial charge is 0.494 e. The van der Waals surface area contributed by atoms with Gasteiger partial charge in [0.05, 0.1) is 24.8 Å². The van der Waals surface area contributed by atoms with Gasteiger partial charge in [0.2, 0.25) is 0 Å². The maximum atomic E-state index is 14.0. The van der Waals surface area contributed by atoms with E-state index in [2.05, 4.69) is 10.8 Å². The maximum Gasteiger partial charge on any atom is 0.573 e. The van der Waals surface area contributed by atoms with Crippen LogP contribution in [-0.2, 0) is 0 Å². The average molecular weight is 564 g/mol. The van der Waals surface area contributed by atoms with Crippen molar-refractivity contribution in [2.45, 2.75) is 38.5 Å². The Morgan fingerprint density at radius 2 is 1.02 bits per heavy atom. The van der Waals surface area contributed by atoms with Gasteiger partial charge in [-0.05, 0) is 83.6 Å². The van der Waals surface area contributed by atoms with E-state index in [0.29, 0.717) is 35.7 Å². The molecule has 0 aromatic heterocycles. The maximum absolute atomic E-state index is 14.0. The highest BCUT2D eigenvalue weighted by atomic mass is 19.4. The third-order valence-electron chi connectivity index (χ3n) is 6.37. The Morgan fingerprint density at radius 3 is 1.49 bits per heavy atom. The van der Waals surface area contributed by atoms with Gasteiger partial charge in [-0.2, -0.15) is 5.26 Å². The van der Waals surface area contributed by atoms with E-state index in [4.69, 9.17) is 14.7 Å². The number of alkyl halides is 3.